The maximum atomic E-state index is 13.2. The molecule has 2 heterocycles. The molecule has 1 aliphatic heterocycles. The molecule has 1 atom stereocenters. The summed E-state index contributed by atoms with van der Waals surface area (Å²) in [4.78, 5) is 11.3. The molecule has 0 radical (unpaired) electrons. The summed E-state index contributed by atoms with van der Waals surface area (Å²) in [6, 6.07) is 15.3. The Morgan fingerprint density at radius 3 is 2.50 bits per heavy atom. The molecule has 1 aromatic heterocycles. The van der Waals surface area contributed by atoms with Crippen molar-refractivity contribution in [1.29, 1.82) is 0 Å². The first kappa shape index (κ1) is 16.5. The molecule has 0 bridgehead atoms. The number of rotatable bonds is 4. The number of fused-ring (bicyclic) bond motifs is 1. The standard InChI is InChI=1S/C18H13FN4O2S/c19-13-8-6-12(7-9-13)17-20-21-18-23(17)22-16(11-4-2-1-3-5-11)14(26-18)10-15(24)25/h1-9,14H,10H2,(H,24,25)/t14-/m1/s1. The number of hydrogen-bond acceptors (Lipinski definition) is 5. The number of aliphatic carboxylic acids is 1. The number of nitrogens with zero attached hydrogens (tertiary/aromatic N) is 4. The van der Waals surface area contributed by atoms with Crippen LogP contribution in [0.4, 0.5) is 4.39 Å². The molecule has 1 aliphatic rings. The quantitative estimate of drug-likeness (QED) is 0.764. The Labute approximate surface area is 152 Å². The summed E-state index contributed by atoms with van der Waals surface area (Å²) in [6.45, 7) is 0. The van der Waals surface area contributed by atoms with Crippen LogP contribution >= 0.6 is 11.8 Å². The largest absolute Gasteiger partial charge is 0.481 e. The Bertz CT molecular complexity index is 986. The van der Waals surface area contributed by atoms with E-state index in [2.05, 4.69) is 15.3 Å². The van der Waals surface area contributed by atoms with E-state index < -0.39 is 5.97 Å². The maximum Gasteiger partial charge on any atom is 0.304 e. The van der Waals surface area contributed by atoms with Crippen molar-refractivity contribution in [2.24, 2.45) is 5.10 Å². The number of halogens is 1. The molecule has 3 aromatic rings. The van der Waals surface area contributed by atoms with Gasteiger partial charge in [-0.05, 0) is 29.8 Å². The molecular weight excluding hydrogens is 355 g/mol. The molecule has 0 spiro atoms. The summed E-state index contributed by atoms with van der Waals surface area (Å²) >= 11 is 1.31. The summed E-state index contributed by atoms with van der Waals surface area (Å²) in [6.07, 6.45) is -0.0723. The molecule has 0 amide bonds. The number of hydrogen-bond donors (Lipinski definition) is 1. The second-order valence-corrected chi connectivity index (χ2v) is 6.85. The molecule has 0 unspecified atom stereocenters. The number of benzene rings is 2. The highest BCUT2D eigenvalue weighted by Gasteiger charge is 2.30. The lowest BCUT2D eigenvalue weighted by molar-refractivity contribution is -0.136. The average Bonchev–Trinajstić information content (AvgIpc) is 3.05. The molecule has 4 rings (SSSR count). The highest BCUT2D eigenvalue weighted by atomic mass is 32.2. The van der Waals surface area contributed by atoms with Gasteiger partial charge in [-0.2, -0.15) is 9.78 Å². The van der Waals surface area contributed by atoms with E-state index in [1.807, 2.05) is 30.3 Å². The lowest BCUT2D eigenvalue weighted by Crippen LogP contribution is -2.27. The van der Waals surface area contributed by atoms with Crippen LogP contribution in [0.5, 0.6) is 0 Å². The lowest BCUT2D eigenvalue weighted by Gasteiger charge is -2.22. The highest BCUT2D eigenvalue weighted by Crippen LogP contribution is 2.34. The molecule has 0 fully saturated rings. The molecule has 26 heavy (non-hydrogen) atoms. The van der Waals surface area contributed by atoms with E-state index in [-0.39, 0.29) is 17.5 Å². The van der Waals surface area contributed by atoms with Gasteiger partial charge in [0.2, 0.25) is 5.16 Å². The Balaban J connectivity index is 1.82. The fraction of sp³-hybridized carbons (Fsp3) is 0.111. The predicted octanol–water partition coefficient (Wildman–Crippen LogP) is 3.29. The molecule has 130 valence electrons. The van der Waals surface area contributed by atoms with Gasteiger partial charge >= 0.3 is 5.97 Å². The van der Waals surface area contributed by atoms with Gasteiger partial charge in [0, 0.05) is 5.56 Å². The van der Waals surface area contributed by atoms with Crippen LogP contribution in [0.1, 0.15) is 12.0 Å². The minimum Gasteiger partial charge on any atom is -0.481 e. The highest BCUT2D eigenvalue weighted by molar-refractivity contribution is 8.00. The topological polar surface area (TPSA) is 80.4 Å². The molecule has 0 saturated heterocycles. The second-order valence-electron chi connectivity index (χ2n) is 5.68. The Kier molecular flexibility index (Phi) is 4.26. The van der Waals surface area contributed by atoms with Crippen molar-refractivity contribution in [2.75, 3.05) is 0 Å². The fourth-order valence-electron chi connectivity index (χ4n) is 2.71. The van der Waals surface area contributed by atoms with Gasteiger partial charge in [0.25, 0.3) is 0 Å². The molecule has 1 N–H and O–H groups in total. The van der Waals surface area contributed by atoms with Crippen LogP contribution in [-0.4, -0.2) is 36.9 Å². The van der Waals surface area contributed by atoms with Crippen molar-refractivity contribution in [2.45, 2.75) is 16.8 Å². The zero-order valence-electron chi connectivity index (χ0n) is 13.4. The average molecular weight is 368 g/mol. The minimum absolute atomic E-state index is 0.0723. The normalized spacial score (nSPS) is 16.0. The van der Waals surface area contributed by atoms with Crippen LogP contribution in [0.2, 0.25) is 0 Å². The Morgan fingerprint density at radius 2 is 1.81 bits per heavy atom. The summed E-state index contributed by atoms with van der Waals surface area (Å²) in [5.41, 5.74) is 2.17. The lowest BCUT2D eigenvalue weighted by atomic mass is 10.1. The fourth-order valence-corrected chi connectivity index (χ4v) is 3.80. The van der Waals surface area contributed by atoms with E-state index in [1.165, 1.54) is 23.9 Å². The van der Waals surface area contributed by atoms with E-state index in [9.17, 15) is 14.3 Å². The number of aromatic nitrogens is 3. The molecule has 6 nitrogen and oxygen atoms in total. The summed E-state index contributed by atoms with van der Waals surface area (Å²) in [5, 5.41) is 22.3. The first-order valence-electron chi connectivity index (χ1n) is 7.86. The zero-order valence-corrected chi connectivity index (χ0v) is 14.2. The van der Waals surface area contributed by atoms with E-state index in [0.717, 1.165) is 5.56 Å². The maximum absolute atomic E-state index is 13.2. The molecule has 8 heteroatoms. The number of carboxylic acid groups (broad SMARTS) is 1. The predicted molar refractivity (Wildman–Crippen MR) is 95.7 cm³/mol. The first-order valence-corrected chi connectivity index (χ1v) is 8.74. The molecular formula is C18H13FN4O2S. The van der Waals surface area contributed by atoms with Crippen molar-refractivity contribution in [1.82, 2.24) is 14.9 Å². The van der Waals surface area contributed by atoms with Gasteiger partial charge in [-0.3, -0.25) is 4.79 Å². The van der Waals surface area contributed by atoms with Gasteiger partial charge in [-0.25, -0.2) is 4.39 Å². The third-order valence-corrected chi connectivity index (χ3v) is 5.04. The SMILES string of the molecule is O=C(O)C[C@H]1Sc2nnc(-c3ccc(F)cc3)n2N=C1c1ccccc1. The third-order valence-electron chi connectivity index (χ3n) is 3.90. The van der Waals surface area contributed by atoms with Crippen LogP contribution in [0.3, 0.4) is 0 Å². The Hall–Kier alpha value is -3.00. The molecule has 0 aliphatic carbocycles. The minimum atomic E-state index is -0.905. The van der Waals surface area contributed by atoms with Gasteiger partial charge in [-0.15, -0.1) is 10.2 Å². The van der Waals surface area contributed by atoms with E-state index >= 15 is 0 Å². The van der Waals surface area contributed by atoms with Crippen molar-refractivity contribution in [3.8, 4) is 11.4 Å². The van der Waals surface area contributed by atoms with E-state index in [1.54, 1.807) is 16.8 Å². The van der Waals surface area contributed by atoms with Gasteiger partial charge in [0.05, 0.1) is 17.4 Å². The van der Waals surface area contributed by atoms with Crippen LogP contribution in [0.25, 0.3) is 11.4 Å². The monoisotopic (exact) mass is 368 g/mol. The molecule has 0 saturated carbocycles. The number of carboxylic acids is 1. The van der Waals surface area contributed by atoms with Crippen molar-refractivity contribution in [3.63, 3.8) is 0 Å². The van der Waals surface area contributed by atoms with Gasteiger partial charge in [-0.1, -0.05) is 42.1 Å². The van der Waals surface area contributed by atoms with Crippen molar-refractivity contribution < 1.29 is 14.3 Å². The third kappa shape index (κ3) is 3.11. The summed E-state index contributed by atoms with van der Waals surface area (Å²) < 4.78 is 14.8. The van der Waals surface area contributed by atoms with Crippen LogP contribution in [-0.2, 0) is 4.79 Å². The van der Waals surface area contributed by atoms with Crippen molar-refractivity contribution in [3.05, 3.63) is 66.0 Å². The summed E-state index contributed by atoms with van der Waals surface area (Å²) in [5.74, 6) is -0.760. The van der Waals surface area contributed by atoms with Crippen molar-refractivity contribution >= 4 is 23.4 Å². The van der Waals surface area contributed by atoms with Crippen LogP contribution in [0, 0.1) is 5.82 Å². The van der Waals surface area contributed by atoms with Gasteiger partial charge < -0.3 is 5.11 Å². The Morgan fingerprint density at radius 1 is 1.08 bits per heavy atom. The van der Waals surface area contributed by atoms with Crippen LogP contribution in [0.15, 0.2) is 64.9 Å². The first-order chi connectivity index (χ1) is 12.6. The van der Waals surface area contributed by atoms with E-state index in [0.29, 0.717) is 22.3 Å². The number of carbonyl (C=O) groups is 1. The zero-order chi connectivity index (χ0) is 18.1. The smallest absolute Gasteiger partial charge is 0.304 e. The summed E-state index contributed by atoms with van der Waals surface area (Å²) in [7, 11) is 0. The van der Waals surface area contributed by atoms with Crippen LogP contribution < -0.4 is 0 Å². The van der Waals surface area contributed by atoms with E-state index in [4.69, 9.17) is 0 Å². The van der Waals surface area contributed by atoms with Gasteiger partial charge in [0.1, 0.15) is 5.82 Å². The molecule has 2 aromatic carbocycles. The second kappa shape index (κ2) is 6.72. The number of thioether (sulfide) groups is 1. The van der Waals surface area contributed by atoms with Gasteiger partial charge in [0.15, 0.2) is 5.82 Å².